The number of carbonyl (C=O) groups excluding carboxylic acids is 3. The molecule has 0 radical (unpaired) electrons. The fourth-order valence-corrected chi connectivity index (χ4v) is 9.63. The average Bonchev–Trinajstić information content (AvgIpc) is 3.82. The number of cyclic esters (lactones) is 1. The van der Waals surface area contributed by atoms with Crippen molar-refractivity contribution in [2.24, 2.45) is 17.8 Å². The lowest BCUT2D eigenvalue weighted by atomic mass is 9.78. The van der Waals surface area contributed by atoms with Gasteiger partial charge in [0.1, 0.15) is 23.8 Å². The number of rotatable bonds is 12. The van der Waals surface area contributed by atoms with Crippen molar-refractivity contribution in [2.75, 3.05) is 46.3 Å². The highest BCUT2D eigenvalue weighted by Gasteiger charge is 2.58. The van der Waals surface area contributed by atoms with Crippen LogP contribution in [0.4, 0.5) is 14.4 Å². The van der Waals surface area contributed by atoms with Crippen LogP contribution in [0.3, 0.4) is 0 Å². The molecule has 5 rings (SSSR count). The van der Waals surface area contributed by atoms with Crippen molar-refractivity contribution in [1.29, 1.82) is 0 Å². The van der Waals surface area contributed by atoms with Gasteiger partial charge in [-0.05, 0) is 112 Å². The van der Waals surface area contributed by atoms with Crippen LogP contribution >= 0.6 is 12.1 Å². The molecule has 16 nitrogen and oxygen atoms in total. The normalized spacial score (nSPS) is 34.6. The van der Waals surface area contributed by atoms with Crippen LogP contribution < -0.4 is 11.1 Å². The standard InChI is InChI=1S/C44H71N7O9.CH3FS/c1-12-35-44(8)38(51(42(55)60-44)20-15-13-14-19-50-25-33(47-48-50)31-17-16-18-32(45)22-31)30(6)46-24-26(2)23-43(7,56-11)39(28(4)36(52)29(5)40(54)58-35)59-41-37(53)34(49(9)10)21-27(3)57-41;1-3-2/h16-18,22,25-30,34-35,37-39,41,46,53H,12-15,19-21,23-24,45H2,1-11H3;1H3/t26-,27-,28+,29-,30-,34?,35-,37?,38-,39-,41+,43-,44-;/m1./s1. The molecule has 4 heterocycles. The number of unbranched alkanes of at least 4 members (excludes halogenated alkanes) is 2. The van der Waals surface area contributed by atoms with Crippen LogP contribution in [0.1, 0.15) is 93.9 Å². The van der Waals surface area contributed by atoms with Crippen LogP contribution in [0.15, 0.2) is 30.5 Å². The average molecular weight is 908 g/mol. The molecule has 1 aromatic carbocycles. The summed E-state index contributed by atoms with van der Waals surface area (Å²) in [6, 6.07) is 6.53. The topological polar surface area (TPSA) is 193 Å². The molecule has 356 valence electrons. The van der Waals surface area contributed by atoms with Crippen molar-refractivity contribution in [3.05, 3.63) is 30.5 Å². The van der Waals surface area contributed by atoms with E-state index in [1.807, 2.05) is 88.8 Å². The molecule has 2 unspecified atom stereocenters. The van der Waals surface area contributed by atoms with E-state index in [1.54, 1.807) is 25.9 Å². The number of halogens is 1. The minimum Gasteiger partial charge on any atom is -0.458 e. The number of aromatic nitrogens is 3. The molecule has 0 saturated carbocycles. The predicted octanol–water partition coefficient (Wildman–Crippen LogP) is 5.91. The van der Waals surface area contributed by atoms with Crippen molar-refractivity contribution < 1.29 is 47.1 Å². The fraction of sp³-hybridized carbons (Fsp3) is 0.756. The van der Waals surface area contributed by atoms with Crippen LogP contribution in [0.5, 0.6) is 0 Å². The van der Waals surface area contributed by atoms with Crippen molar-refractivity contribution in [3.8, 4) is 11.3 Å². The number of likely N-dealkylation sites (N-methyl/N-ethyl adjacent to an activating group) is 1. The largest absolute Gasteiger partial charge is 0.458 e. The Bertz CT molecular complexity index is 1790. The molecule has 0 bridgehead atoms. The summed E-state index contributed by atoms with van der Waals surface area (Å²) in [7, 11) is 5.40. The van der Waals surface area contributed by atoms with E-state index in [0.717, 1.165) is 24.1 Å². The maximum atomic E-state index is 14.4. The summed E-state index contributed by atoms with van der Waals surface area (Å²) in [5, 5.41) is 23.7. The molecule has 1 aromatic heterocycles. The van der Waals surface area contributed by atoms with Gasteiger partial charge in [-0.2, -0.15) is 3.89 Å². The number of nitrogens with zero attached hydrogens (tertiary/aromatic N) is 5. The number of carbonyl (C=O) groups is 3. The maximum absolute atomic E-state index is 14.4. The van der Waals surface area contributed by atoms with E-state index in [0.29, 0.717) is 51.0 Å². The third-order valence-corrected chi connectivity index (χ3v) is 13.1. The summed E-state index contributed by atoms with van der Waals surface area (Å²) < 4.78 is 43.6. The van der Waals surface area contributed by atoms with Gasteiger partial charge in [0.2, 0.25) is 0 Å². The highest BCUT2D eigenvalue weighted by atomic mass is 32.2. The third-order valence-electron chi connectivity index (χ3n) is 13.1. The molecule has 63 heavy (non-hydrogen) atoms. The maximum Gasteiger partial charge on any atom is 0.410 e. The van der Waals surface area contributed by atoms with E-state index in [-0.39, 0.29) is 36.3 Å². The zero-order valence-corrected chi connectivity index (χ0v) is 40.2. The Balaban J connectivity index is 0.00000282. The van der Waals surface area contributed by atoms with Crippen molar-refractivity contribution >= 4 is 35.7 Å². The number of Topliss-reactive ketones (excluding diaryl/α,β-unsaturated/α-hetero) is 1. The Morgan fingerprint density at radius 1 is 1.10 bits per heavy atom. The smallest absolute Gasteiger partial charge is 0.410 e. The number of hydrogen-bond donors (Lipinski definition) is 3. The van der Waals surface area contributed by atoms with Gasteiger partial charge in [-0.15, -0.1) is 5.10 Å². The first-order valence-corrected chi connectivity index (χ1v) is 23.5. The van der Waals surface area contributed by atoms with E-state index >= 15 is 0 Å². The molecule has 4 N–H and O–H groups in total. The quantitative estimate of drug-likeness (QED) is 0.0985. The molecule has 1 amide bonds. The van der Waals surface area contributed by atoms with E-state index in [4.69, 9.17) is 29.4 Å². The number of benzene rings is 1. The molecule has 2 aromatic rings. The molecule has 3 fully saturated rings. The van der Waals surface area contributed by atoms with Crippen molar-refractivity contribution in [1.82, 2.24) is 30.1 Å². The van der Waals surface area contributed by atoms with Crippen LogP contribution in [0.2, 0.25) is 0 Å². The minimum absolute atomic E-state index is 0.00636. The fourth-order valence-electron chi connectivity index (χ4n) is 9.63. The van der Waals surface area contributed by atoms with Crippen LogP contribution in [-0.2, 0) is 39.8 Å². The first-order chi connectivity index (χ1) is 29.7. The van der Waals surface area contributed by atoms with E-state index in [1.165, 1.54) is 6.26 Å². The SMILES string of the molecule is CC[C@H]1OC(=O)[C@H](C)C(=O)[C@H](C)[C@@H](O[C@@H]2O[C@H](C)CC(N(C)C)C2O)[C@](C)(OC)C[C@@H](C)CN[C@H](C)[C@H]2N(CCCCCn3cc(-c4cccc(N)c4)nn3)C(=O)O[C@]12C.CSF. The number of aliphatic hydroxyl groups is 1. The van der Waals surface area contributed by atoms with Crippen molar-refractivity contribution in [3.63, 3.8) is 0 Å². The van der Waals surface area contributed by atoms with Crippen LogP contribution in [-0.4, -0.2) is 148 Å². The highest BCUT2D eigenvalue weighted by Crippen LogP contribution is 2.40. The first kappa shape index (κ1) is 52.2. The summed E-state index contributed by atoms with van der Waals surface area (Å²) in [6.07, 6.45) is 2.63. The number of nitrogen functional groups attached to an aromatic ring is 1. The molecule has 13 atom stereocenters. The van der Waals surface area contributed by atoms with Gasteiger partial charge >= 0.3 is 12.1 Å². The lowest BCUT2D eigenvalue weighted by Crippen LogP contribution is -2.61. The van der Waals surface area contributed by atoms with Gasteiger partial charge in [-0.25, -0.2) is 4.79 Å². The van der Waals surface area contributed by atoms with E-state index in [9.17, 15) is 23.4 Å². The number of fused-ring (bicyclic) bond motifs is 1. The second-order valence-corrected chi connectivity index (χ2v) is 18.6. The summed E-state index contributed by atoms with van der Waals surface area (Å²) in [4.78, 5) is 45.9. The zero-order chi connectivity index (χ0) is 46.8. The molecule has 3 aliphatic heterocycles. The minimum atomic E-state index is -1.22. The first-order valence-electron chi connectivity index (χ1n) is 22.3. The van der Waals surface area contributed by atoms with Crippen LogP contribution in [0.25, 0.3) is 11.3 Å². The number of amides is 1. The van der Waals surface area contributed by atoms with Gasteiger partial charge in [0.05, 0.1) is 30.0 Å². The molecule has 0 spiro atoms. The Hall–Kier alpha value is -3.39. The van der Waals surface area contributed by atoms with Gasteiger partial charge in [-0.3, -0.25) is 19.2 Å². The molecule has 18 heteroatoms. The number of esters is 1. The molecule has 3 aliphatic rings. The Labute approximate surface area is 378 Å². The van der Waals surface area contributed by atoms with Gasteiger partial charge in [0.25, 0.3) is 0 Å². The summed E-state index contributed by atoms with van der Waals surface area (Å²) in [6.45, 7) is 16.6. The number of ketones is 1. The zero-order valence-electron chi connectivity index (χ0n) is 39.4. The Kier molecular flexibility index (Phi) is 19.2. The van der Waals surface area contributed by atoms with Gasteiger partial charge in [0, 0.05) is 67.9 Å². The van der Waals surface area contributed by atoms with Gasteiger partial charge in [-0.1, -0.05) is 38.1 Å². The predicted molar refractivity (Wildman–Crippen MR) is 241 cm³/mol. The Morgan fingerprint density at radius 3 is 2.41 bits per heavy atom. The van der Waals surface area contributed by atoms with E-state index in [2.05, 4.69) is 22.6 Å². The number of hydrogen-bond acceptors (Lipinski definition) is 15. The third kappa shape index (κ3) is 12.7. The highest BCUT2D eigenvalue weighted by molar-refractivity contribution is 7.93. The molecule has 3 saturated heterocycles. The molecule has 0 aliphatic carbocycles. The number of anilines is 1. The molecular weight excluding hydrogens is 834 g/mol. The number of aryl methyl sites for hydroxylation is 1. The summed E-state index contributed by atoms with van der Waals surface area (Å²) >= 11 is 0.250. The summed E-state index contributed by atoms with van der Waals surface area (Å²) in [5.74, 6) is -3.14. The number of nitrogens with two attached hydrogens (primary N) is 1. The lowest BCUT2D eigenvalue weighted by molar-refractivity contribution is -0.295. The Morgan fingerprint density at radius 2 is 1.78 bits per heavy atom. The van der Waals surface area contributed by atoms with Gasteiger partial charge < -0.3 is 44.7 Å². The number of methoxy groups -OCH3 is 1. The van der Waals surface area contributed by atoms with Gasteiger partial charge in [0.15, 0.2) is 17.7 Å². The summed E-state index contributed by atoms with van der Waals surface area (Å²) in [5.41, 5.74) is 6.02. The number of aliphatic hydroxyl groups excluding tert-OH is 1. The van der Waals surface area contributed by atoms with E-state index < -0.39 is 71.5 Å². The lowest BCUT2D eigenvalue weighted by Gasteiger charge is -2.46. The second-order valence-electron chi connectivity index (χ2n) is 18.3. The number of nitrogens with one attached hydrogen (secondary N) is 1. The monoisotopic (exact) mass is 908 g/mol. The van der Waals surface area contributed by atoms with Crippen molar-refractivity contribution in [2.45, 2.75) is 160 Å². The molecular formula is C45H74FN7O9S. The number of ether oxygens (including phenoxy) is 5. The van der Waals surface area contributed by atoms with Crippen LogP contribution in [0, 0.1) is 17.8 Å². The second kappa shape index (κ2) is 23.2.